The second kappa shape index (κ2) is 10.4. The Bertz CT molecular complexity index is 866. The highest BCUT2D eigenvalue weighted by atomic mass is 16.5. The minimum absolute atomic E-state index is 0.0547. The van der Waals surface area contributed by atoms with E-state index in [-0.39, 0.29) is 5.91 Å². The number of rotatable bonds is 6. The van der Waals surface area contributed by atoms with Crippen molar-refractivity contribution in [1.29, 1.82) is 5.26 Å². The van der Waals surface area contributed by atoms with Gasteiger partial charge >= 0.3 is 0 Å². The summed E-state index contributed by atoms with van der Waals surface area (Å²) in [6.45, 7) is 6.76. The third-order valence-corrected chi connectivity index (χ3v) is 5.00. The van der Waals surface area contributed by atoms with Crippen LogP contribution in [0.2, 0.25) is 0 Å². The lowest BCUT2D eigenvalue weighted by molar-refractivity contribution is -0.125. The molecule has 0 aromatic heterocycles. The molecule has 0 unspecified atom stereocenters. The van der Waals surface area contributed by atoms with Crippen LogP contribution in [0.25, 0.3) is 6.08 Å². The van der Waals surface area contributed by atoms with Crippen molar-refractivity contribution < 1.29 is 9.53 Å². The molecule has 2 aromatic rings. The lowest BCUT2D eigenvalue weighted by atomic mass is 10.1. The monoisotopic (exact) mass is 389 g/mol. The van der Waals surface area contributed by atoms with Crippen molar-refractivity contribution in [3.05, 3.63) is 71.3 Å². The number of hydrogen-bond acceptors (Lipinski definition) is 4. The van der Waals surface area contributed by atoms with Gasteiger partial charge in [-0.05, 0) is 54.8 Å². The third-order valence-electron chi connectivity index (χ3n) is 5.00. The molecule has 150 valence electrons. The molecule has 5 heteroatoms. The summed E-state index contributed by atoms with van der Waals surface area (Å²) < 4.78 is 5.44. The topological polar surface area (TPSA) is 56.6 Å². The smallest absolute Gasteiger partial charge is 0.246 e. The first-order valence-electron chi connectivity index (χ1n) is 10.1. The minimum atomic E-state index is 0.0547. The van der Waals surface area contributed by atoms with Crippen LogP contribution in [0.3, 0.4) is 0 Å². The Morgan fingerprint density at radius 1 is 1.07 bits per heavy atom. The minimum Gasteiger partial charge on any atom is -0.494 e. The molecule has 0 atom stereocenters. The molecule has 29 heavy (non-hydrogen) atoms. The van der Waals surface area contributed by atoms with E-state index in [9.17, 15) is 4.79 Å². The zero-order chi connectivity index (χ0) is 20.5. The van der Waals surface area contributed by atoms with Crippen LogP contribution in [0.5, 0.6) is 5.75 Å². The predicted molar refractivity (Wildman–Crippen MR) is 114 cm³/mol. The normalized spacial score (nSPS) is 15.1. The Morgan fingerprint density at radius 3 is 2.52 bits per heavy atom. The van der Waals surface area contributed by atoms with Crippen LogP contribution < -0.4 is 4.74 Å². The van der Waals surface area contributed by atoms with Crippen LogP contribution in [0.15, 0.2) is 54.6 Å². The Kier molecular flexibility index (Phi) is 7.43. The highest BCUT2D eigenvalue weighted by molar-refractivity contribution is 5.91. The van der Waals surface area contributed by atoms with E-state index in [4.69, 9.17) is 10.00 Å². The first kappa shape index (κ1) is 20.6. The fourth-order valence-corrected chi connectivity index (χ4v) is 3.41. The predicted octanol–water partition coefficient (Wildman–Crippen LogP) is 3.70. The highest BCUT2D eigenvalue weighted by Gasteiger charge is 2.17. The fourth-order valence-electron chi connectivity index (χ4n) is 3.41. The zero-order valence-electron chi connectivity index (χ0n) is 16.9. The maximum absolute atomic E-state index is 12.6. The van der Waals surface area contributed by atoms with E-state index >= 15 is 0 Å². The molecule has 1 saturated heterocycles. The Balaban J connectivity index is 1.51. The van der Waals surface area contributed by atoms with Crippen molar-refractivity contribution in [1.82, 2.24) is 9.80 Å². The quantitative estimate of drug-likeness (QED) is 0.707. The molecule has 1 aliphatic rings. The fraction of sp³-hybridized carbons (Fsp3) is 0.333. The van der Waals surface area contributed by atoms with E-state index in [2.05, 4.69) is 11.0 Å². The van der Waals surface area contributed by atoms with Crippen molar-refractivity contribution in [2.75, 3.05) is 32.8 Å². The van der Waals surface area contributed by atoms with Gasteiger partial charge in [-0.15, -0.1) is 0 Å². The van der Waals surface area contributed by atoms with Crippen LogP contribution in [-0.2, 0) is 11.3 Å². The maximum atomic E-state index is 12.6. The van der Waals surface area contributed by atoms with E-state index in [1.807, 2.05) is 66.4 Å². The van der Waals surface area contributed by atoms with Crippen LogP contribution in [0, 0.1) is 11.3 Å². The number of nitriles is 1. The maximum Gasteiger partial charge on any atom is 0.246 e. The number of nitrogens with zero attached hydrogens (tertiary/aromatic N) is 3. The van der Waals surface area contributed by atoms with Crippen LogP contribution in [0.1, 0.15) is 30.0 Å². The second-order valence-electron chi connectivity index (χ2n) is 7.10. The van der Waals surface area contributed by atoms with E-state index in [1.165, 1.54) is 5.56 Å². The van der Waals surface area contributed by atoms with Crippen LogP contribution in [0.4, 0.5) is 0 Å². The van der Waals surface area contributed by atoms with Crippen molar-refractivity contribution in [3.8, 4) is 11.8 Å². The first-order valence-corrected chi connectivity index (χ1v) is 10.1. The molecule has 0 N–H and O–H groups in total. The second-order valence-corrected chi connectivity index (χ2v) is 7.10. The van der Waals surface area contributed by atoms with E-state index in [1.54, 1.807) is 6.08 Å². The molecule has 0 saturated carbocycles. The molecule has 1 amide bonds. The summed E-state index contributed by atoms with van der Waals surface area (Å²) in [5.41, 5.74) is 2.86. The van der Waals surface area contributed by atoms with Gasteiger partial charge in [0.1, 0.15) is 5.75 Å². The summed E-state index contributed by atoms with van der Waals surface area (Å²) in [5, 5.41) is 8.91. The van der Waals surface area contributed by atoms with Gasteiger partial charge in [0.15, 0.2) is 0 Å². The lowest BCUT2D eigenvalue weighted by Gasteiger charge is -2.21. The standard InChI is InChI=1S/C24H27N3O2/c1-2-29-23-11-8-20(9-12-23)10-13-24(28)27-15-3-14-26(16-17-27)19-22-6-4-21(18-25)5-7-22/h4-13H,2-3,14-17,19H2,1H3/b13-10+. The molecule has 0 aliphatic carbocycles. The molecule has 0 spiro atoms. The zero-order valence-corrected chi connectivity index (χ0v) is 16.9. The average Bonchev–Trinajstić information content (AvgIpc) is 2.99. The summed E-state index contributed by atoms with van der Waals surface area (Å²) in [4.78, 5) is 16.9. The molecule has 2 aromatic carbocycles. The molecule has 1 fully saturated rings. The molecule has 0 bridgehead atoms. The van der Waals surface area contributed by atoms with Gasteiger partial charge in [0.2, 0.25) is 5.91 Å². The van der Waals surface area contributed by atoms with Gasteiger partial charge in [-0.25, -0.2) is 0 Å². The van der Waals surface area contributed by atoms with Gasteiger partial charge in [0.05, 0.1) is 18.2 Å². The highest BCUT2D eigenvalue weighted by Crippen LogP contribution is 2.14. The Hall–Kier alpha value is -3.10. The van der Waals surface area contributed by atoms with Crippen molar-refractivity contribution in [3.63, 3.8) is 0 Å². The number of carbonyl (C=O) groups excluding carboxylic acids is 1. The summed E-state index contributed by atoms with van der Waals surface area (Å²) in [7, 11) is 0. The number of amides is 1. The third kappa shape index (κ3) is 6.20. The summed E-state index contributed by atoms with van der Waals surface area (Å²) in [5.74, 6) is 0.893. The van der Waals surface area contributed by atoms with Crippen LogP contribution >= 0.6 is 0 Å². The molecule has 5 nitrogen and oxygen atoms in total. The molecular formula is C24H27N3O2. The SMILES string of the molecule is CCOc1ccc(/C=C/C(=O)N2CCCN(Cc3ccc(C#N)cc3)CC2)cc1. The van der Waals surface area contributed by atoms with Gasteiger partial charge in [0.25, 0.3) is 0 Å². The number of hydrogen-bond donors (Lipinski definition) is 0. The molecular weight excluding hydrogens is 362 g/mol. The first-order chi connectivity index (χ1) is 14.2. The Morgan fingerprint density at radius 2 is 1.83 bits per heavy atom. The van der Waals surface area contributed by atoms with Gasteiger partial charge in [-0.3, -0.25) is 9.69 Å². The molecule has 1 aliphatic heterocycles. The van der Waals surface area contributed by atoms with Gasteiger partial charge < -0.3 is 9.64 Å². The Labute approximate surface area is 172 Å². The van der Waals surface area contributed by atoms with E-state index < -0.39 is 0 Å². The lowest BCUT2D eigenvalue weighted by Crippen LogP contribution is -2.34. The molecule has 0 radical (unpaired) electrons. The molecule has 3 rings (SSSR count). The van der Waals surface area contributed by atoms with Gasteiger partial charge in [-0.1, -0.05) is 24.3 Å². The average molecular weight is 389 g/mol. The summed E-state index contributed by atoms with van der Waals surface area (Å²) >= 11 is 0. The van der Waals surface area contributed by atoms with Gasteiger partial charge in [-0.2, -0.15) is 5.26 Å². The van der Waals surface area contributed by atoms with Crippen molar-refractivity contribution >= 4 is 12.0 Å². The number of ether oxygens (including phenoxy) is 1. The van der Waals surface area contributed by atoms with Crippen molar-refractivity contribution in [2.45, 2.75) is 19.9 Å². The number of benzene rings is 2. The van der Waals surface area contributed by atoms with E-state index in [0.717, 1.165) is 50.5 Å². The summed E-state index contributed by atoms with van der Waals surface area (Å²) in [6.07, 6.45) is 4.47. The summed E-state index contributed by atoms with van der Waals surface area (Å²) in [6, 6.07) is 17.6. The van der Waals surface area contributed by atoms with Gasteiger partial charge in [0, 0.05) is 38.8 Å². The number of carbonyl (C=O) groups is 1. The molecule has 1 heterocycles. The largest absolute Gasteiger partial charge is 0.494 e. The van der Waals surface area contributed by atoms with E-state index in [0.29, 0.717) is 12.2 Å². The van der Waals surface area contributed by atoms with Crippen molar-refractivity contribution in [2.24, 2.45) is 0 Å². The van der Waals surface area contributed by atoms with Crippen LogP contribution in [-0.4, -0.2) is 48.5 Å².